The normalized spacial score (nSPS) is 18.2. The Morgan fingerprint density at radius 2 is 2.13 bits per heavy atom. The van der Waals surface area contributed by atoms with E-state index in [4.69, 9.17) is 11.6 Å². The minimum Gasteiger partial charge on any atom is -0.387 e. The molecule has 1 N–H and O–H groups in total. The van der Waals surface area contributed by atoms with Crippen LogP contribution < -0.4 is 0 Å². The van der Waals surface area contributed by atoms with Gasteiger partial charge in [0.15, 0.2) is 0 Å². The Labute approximate surface area is 141 Å². The number of likely N-dealkylation sites (tertiary alicyclic amines) is 1. The number of hydrogen-bond acceptors (Lipinski definition) is 4. The molecule has 0 amide bonds. The molecule has 124 valence electrons. The molecule has 0 spiro atoms. The molecule has 1 saturated heterocycles. The van der Waals surface area contributed by atoms with Crippen LogP contribution in [0.2, 0.25) is 5.02 Å². The molecule has 1 aromatic carbocycles. The number of halogens is 1. The summed E-state index contributed by atoms with van der Waals surface area (Å²) in [6.07, 6.45) is 3.43. The summed E-state index contributed by atoms with van der Waals surface area (Å²) in [5.41, 5.74) is 0.880. The van der Waals surface area contributed by atoms with Crippen LogP contribution in [0.1, 0.15) is 43.2 Å². The summed E-state index contributed by atoms with van der Waals surface area (Å²) in [6, 6.07) is 7.47. The van der Waals surface area contributed by atoms with E-state index in [1.807, 2.05) is 30.6 Å². The van der Waals surface area contributed by atoms with Gasteiger partial charge in [-0.3, -0.25) is 0 Å². The minimum absolute atomic E-state index is 0.469. The Bertz CT molecular complexity index is 637. The topological polar surface area (TPSA) is 54.2 Å². The van der Waals surface area contributed by atoms with E-state index in [1.165, 1.54) is 0 Å². The molecule has 0 radical (unpaired) electrons. The van der Waals surface area contributed by atoms with Gasteiger partial charge in [0.1, 0.15) is 12.2 Å². The fraction of sp³-hybridized carbons (Fsp3) is 0.529. The fourth-order valence-corrected chi connectivity index (χ4v) is 3.46. The van der Waals surface area contributed by atoms with E-state index in [9.17, 15) is 5.11 Å². The predicted octanol–water partition coefficient (Wildman–Crippen LogP) is 2.86. The monoisotopic (exact) mass is 334 g/mol. The van der Waals surface area contributed by atoms with E-state index in [0.717, 1.165) is 43.9 Å². The average Bonchev–Trinajstić information content (AvgIpc) is 3.04. The smallest absolute Gasteiger partial charge is 0.135 e. The predicted molar refractivity (Wildman–Crippen MR) is 90.5 cm³/mol. The Morgan fingerprint density at radius 3 is 2.83 bits per heavy atom. The lowest BCUT2D eigenvalue weighted by Crippen LogP contribution is -2.36. The van der Waals surface area contributed by atoms with Gasteiger partial charge in [-0.1, -0.05) is 23.7 Å². The quantitative estimate of drug-likeness (QED) is 0.913. The van der Waals surface area contributed by atoms with E-state index in [-0.39, 0.29) is 0 Å². The maximum atomic E-state index is 10.4. The van der Waals surface area contributed by atoms with E-state index >= 15 is 0 Å². The molecule has 1 atom stereocenters. The molecule has 1 aromatic heterocycles. The first-order chi connectivity index (χ1) is 11.2. The highest BCUT2D eigenvalue weighted by Crippen LogP contribution is 2.28. The number of aromatic nitrogens is 3. The highest BCUT2D eigenvalue weighted by molar-refractivity contribution is 6.30. The zero-order chi connectivity index (χ0) is 16.2. The zero-order valence-electron chi connectivity index (χ0n) is 13.4. The summed E-state index contributed by atoms with van der Waals surface area (Å²) >= 11 is 6.00. The number of aliphatic hydroxyl groups excluding tert-OH is 1. The first kappa shape index (κ1) is 16.4. The van der Waals surface area contributed by atoms with Crippen molar-refractivity contribution in [3.8, 4) is 0 Å². The van der Waals surface area contributed by atoms with Crippen LogP contribution in [0.4, 0.5) is 0 Å². The lowest BCUT2D eigenvalue weighted by Gasteiger charge is -2.32. The van der Waals surface area contributed by atoms with Crippen LogP contribution in [0.3, 0.4) is 0 Å². The van der Waals surface area contributed by atoms with Gasteiger partial charge >= 0.3 is 0 Å². The van der Waals surface area contributed by atoms with Gasteiger partial charge in [0.05, 0.1) is 6.10 Å². The van der Waals surface area contributed by atoms with Crippen molar-refractivity contribution in [3.63, 3.8) is 0 Å². The fourth-order valence-electron chi connectivity index (χ4n) is 3.26. The largest absolute Gasteiger partial charge is 0.387 e. The summed E-state index contributed by atoms with van der Waals surface area (Å²) in [5, 5.41) is 19.4. The number of hydrogen-bond donors (Lipinski definition) is 1. The molecule has 23 heavy (non-hydrogen) atoms. The van der Waals surface area contributed by atoms with E-state index < -0.39 is 6.10 Å². The van der Waals surface area contributed by atoms with Crippen molar-refractivity contribution in [2.75, 3.05) is 19.6 Å². The van der Waals surface area contributed by atoms with Crippen molar-refractivity contribution in [1.82, 2.24) is 19.7 Å². The van der Waals surface area contributed by atoms with Crippen LogP contribution in [-0.2, 0) is 6.54 Å². The highest BCUT2D eigenvalue weighted by atomic mass is 35.5. The van der Waals surface area contributed by atoms with Crippen molar-refractivity contribution in [3.05, 3.63) is 47.0 Å². The Kier molecular flexibility index (Phi) is 5.30. The minimum atomic E-state index is -0.496. The van der Waals surface area contributed by atoms with Gasteiger partial charge in [-0.2, -0.15) is 0 Å². The Morgan fingerprint density at radius 1 is 1.35 bits per heavy atom. The Hall–Kier alpha value is -1.43. The van der Waals surface area contributed by atoms with Crippen LogP contribution in [0.15, 0.2) is 30.6 Å². The molecule has 1 aliphatic rings. The van der Waals surface area contributed by atoms with Gasteiger partial charge in [0.25, 0.3) is 0 Å². The molecule has 1 aliphatic heterocycles. The average molecular weight is 335 g/mol. The van der Waals surface area contributed by atoms with Crippen molar-refractivity contribution in [2.24, 2.45) is 0 Å². The van der Waals surface area contributed by atoms with Crippen LogP contribution in [0, 0.1) is 0 Å². The van der Waals surface area contributed by atoms with Crippen LogP contribution in [-0.4, -0.2) is 44.4 Å². The standard InChI is InChI=1S/C17H23ClN4O/c1-2-22-12-19-20-17(22)13-6-8-21(9-7-13)11-16(23)14-4-3-5-15(18)10-14/h3-5,10,12-13,16,23H,2,6-9,11H2,1H3. The Balaban J connectivity index is 1.55. The van der Waals surface area contributed by atoms with Crippen molar-refractivity contribution >= 4 is 11.6 Å². The van der Waals surface area contributed by atoms with Gasteiger partial charge in [-0.15, -0.1) is 10.2 Å². The van der Waals surface area contributed by atoms with E-state index in [2.05, 4.69) is 26.6 Å². The van der Waals surface area contributed by atoms with Gasteiger partial charge in [-0.05, 0) is 50.6 Å². The molecule has 0 saturated carbocycles. The second kappa shape index (κ2) is 7.43. The number of β-amino-alcohol motifs (C(OH)–C–C–N with tert-alkyl or cyclic N) is 1. The van der Waals surface area contributed by atoms with E-state index in [1.54, 1.807) is 0 Å². The maximum Gasteiger partial charge on any atom is 0.135 e. The lowest BCUT2D eigenvalue weighted by atomic mass is 9.95. The van der Waals surface area contributed by atoms with Crippen LogP contribution in [0.5, 0.6) is 0 Å². The number of piperidine rings is 1. The SMILES string of the molecule is CCn1cnnc1C1CCN(CC(O)c2cccc(Cl)c2)CC1. The van der Waals surface area contributed by atoms with Gasteiger partial charge in [0.2, 0.25) is 0 Å². The summed E-state index contributed by atoms with van der Waals surface area (Å²) < 4.78 is 2.13. The second-order valence-electron chi connectivity index (χ2n) is 6.12. The molecule has 2 aromatic rings. The summed E-state index contributed by atoms with van der Waals surface area (Å²) in [7, 11) is 0. The number of aryl methyl sites for hydroxylation is 1. The molecule has 0 bridgehead atoms. The molecule has 0 aliphatic carbocycles. The summed E-state index contributed by atoms with van der Waals surface area (Å²) in [5.74, 6) is 1.57. The molecular formula is C17H23ClN4O. The van der Waals surface area contributed by atoms with Crippen LogP contribution >= 0.6 is 11.6 Å². The molecule has 1 unspecified atom stereocenters. The number of nitrogens with zero attached hydrogens (tertiary/aromatic N) is 4. The summed E-state index contributed by atoms with van der Waals surface area (Å²) in [4.78, 5) is 2.31. The molecule has 3 rings (SSSR count). The second-order valence-corrected chi connectivity index (χ2v) is 6.56. The third-order valence-corrected chi connectivity index (χ3v) is 4.84. The molecule has 1 fully saturated rings. The summed E-state index contributed by atoms with van der Waals surface area (Å²) in [6.45, 7) is 5.62. The van der Waals surface area contributed by atoms with E-state index in [0.29, 0.717) is 17.5 Å². The lowest BCUT2D eigenvalue weighted by molar-refractivity contribution is 0.0962. The van der Waals surface area contributed by atoms with Gasteiger partial charge in [-0.25, -0.2) is 0 Å². The molecule has 5 nitrogen and oxygen atoms in total. The number of rotatable bonds is 5. The van der Waals surface area contributed by atoms with Crippen LogP contribution in [0.25, 0.3) is 0 Å². The molecule has 6 heteroatoms. The maximum absolute atomic E-state index is 10.4. The first-order valence-electron chi connectivity index (χ1n) is 8.21. The van der Waals surface area contributed by atoms with Gasteiger partial charge in [0, 0.05) is 24.0 Å². The zero-order valence-corrected chi connectivity index (χ0v) is 14.2. The molecule has 2 heterocycles. The third-order valence-electron chi connectivity index (χ3n) is 4.60. The highest BCUT2D eigenvalue weighted by Gasteiger charge is 2.25. The van der Waals surface area contributed by atoms with Crippen molar-refractivity contribution in [2.45, 2.75) is 38.3 Å². The van der Waals surface area contributed by atoms with Gasteiger partial charge < -0.3 is 14.6 Å². The number of benzene rings is 1. The molecular weight excluding hydrogens is 312 g/mol. The number of aliphatic hydroxyl groups is 1. The van der Waals surface area contributed by atoms with Crippen molar-refractivity contribution < 1.29 is 5.11 Å². The first-order valence-corrected chi connectivity index (χ1v) is 8.58. The van der Waals surface area contributed by atoms with Crippen molar-refractivity contribution in [1.29, 1.82) is 0 Å². The third kappa shape index (κ3) is 3.91.